The first-order valence-electron chi connectivity index (χ1n) is 8.15. The van der Waals surface area contributed by atoms with Gasteiger partial charge in [0.05, 0.1) is 0 Å². The number of aromatic nitrogens is 2. The van der Waals surface area contributed by atoms with E-state index in [4.69, 9.17) is 18.0 Å². The number of H-pyrrole nitrogens is 1. The molecule has 1 rings (SSSR count). The minimum absolute atomic E-state index is 0.170. The summed E-state index contributed by atoms with van der Waals surface area (Å²) >= 11 is 5.37. The Balaban J connectivity index is 3.36. The highest BCUT2D eigenvalue weighted by Crippen LogP contribution is 2.18. The lowest BCUT2D eigenvalue weighted by Crippen LogP contribution is -2.45. The van der Waals surface area contributed by atoms with Crippen molar-refractivity contribution in [2.45, 2.75) is 53.0 Å². The Morgan fingerprint density at radius 1 is 1.26 bits per heavy atom. The number of nitrogens with one attached hydrogen (secondary N) is 2. The van der Waals surface area contributed by atoms with Crippen molar-refractivity contribution in [3.05, 3.63) is 20.8 Å². The first-order valence-corrected chi connectivity index (χ1v) is 8.56. The zero-order chi connectivity index (χ0) is 17.4. The molecule has 0 aromatic carbocycles. The van der Waals surface area contributed by atoms with Crippen LogP contribution >= 0.6 is 12.2 Å². The van der Waals surface area contributed by atoms with Crippen LogP contribution in [0.25, 0.3) is 0 Å². The molecule has 0 amide bonds. The van der Waals surface area contributed by atoms with E-state index in [0.717, 1.165) is 25.7 Å². The Bertz CT molecular complexity index is 638. The summed E-state index contributed by atoms with van der Waals surface area (Å²) in [6.45, 7) is 7.71. The number of nitrogen functional groups attached to an aromatic ring is 1. The molecule has 4 N–H and O–H groups in total. The van der Waals surface area contributed by atoms with E-state index in [1.807, 2.05) is 13.8 Å². The number of hydrogen-bond acceptors (Lipinski definition) is 4. The largest absolute Gasteiger partial charge is 0.383 e. The molecular formula is C15H27N5O2S. The van der Waals surface area contributed by atoms with E-state index < -0.39 is 11.2 Å². The van der Waals surface area contributed by atoms with Crippen LogP contribution in [0.2, 0.25) is 0 Å². The molecule has 0 aliphatic rings. The average Bonchev–Trinajstić information content (AvgIpc) is 2.50. The molecule has 0 saturated heterocycles. The lowest BCUT2D eigenvalue weighted by Gasteiger charge is -2.26. The van der Waals surface area contributed by atoms with Gasteiger partial charge in [0, 0.05) is 19.6 Å². The second-order valence-corrected chi connectivity index (χ2v) is 5.73. The van der Waals surface area contributed by atoms with Crippen LogP contribution in [0.5, 0.6) is 0 Å². The molecule has 0 aliphatic carbocycles. The van der Waals surface area contributed by atoms with Crippen molar-refractivity contribution in [2.75, 3.05) is 23.7 Å². The maximum Gasteiger partial charge on any atom is 0.330 e. The van der Waals surface area contributed by atoms with Crippen LogP contribution in [0.15, 0.2) is 9.59 Å². The third-order valence-electron chi connectivity index (χ3n) is 3.53. The molecule has 7 nitrogen and oxygen atoms in total. The Labute approximate surface area is 141 Å². The van der Waals surface area contributed by atoms with Gasteiger partial charge in [-0.15, -0.1) is 0 Å². The Morgan fingerprint density at radius 3 is 2.48 bits per heavy atom. The van der Waals surface area contributed by atoms with Crippen molar-refractivity contribution < 1.29 is 0 Å². The number of hydrogen-bond donors (Lipinski definition) is 3. The van der Waals surface area contributed by atoms with Crippen LogP contribution < -0.4 is 27.2 Å². The summed E-state index contributed by atoms with van der Waals surface area (Å²) in [6.07, 6.45) is 3.55. The van der Waals surface area contributed by atoms with Crippen molar-refractivity contribution in [1.29, 1.82) is 0 Å². The van der Waals surface area contributed by atoms with Crippen LogP contribution in [0.4, 0.5) is 11.5 Å². The topological polar surface area (TPSA) is 96.2 Å². The van der Waals surface area contributed by atoms with Gasteiger partial charge in [-0.05, 0) is 32.0 Å². The van der Waals surface area contributed by atoms with Crippen molar-refractivity contribution >= 4 is 28.8 Å². The van der Waals surface area contributed by atoms with Gasteiger partial charge < -0.3 is 16.0 Å². The van der Waals surface area contributed by atoms with Crippen LogP contribution in [0.1, 0.15) is 46.5 Å². The molecule has 0 radical (unpaired) electrons. The van der Waals surface area contributed by atoms with E-state index in [9.17, 15) is 9.59 Å². The molecule has 0 spiro atoms. The van der Waals surface area contributed by atoms with Gasteiger partial charge in [0.1, 0.15) is 5.82 Å². The molecule has 130 valence electrons. The number of unbranched alkanes of at least 4 members (excludes halogenated alkanes) is 2. The predicted octanol–water partition coefficient (Wildman–Crippen LogP) is 1.42. The van der Waals surface area contributed by atoms with E-state index in [1.54, 1.807) is 4.90 Å². The summed E-state index contributed by atoms with van der Waals surface area (Å²) in [5, 5.41) is 3.49. The zero-order valence-corrected chi connectivity index (χ0v) is 15.0. The number of rotatable bonds is 8. The summed E-state index contributed by atoms with van der Waals surface area (Å²) in [5.41, 5.74) is 5.42. The molecule has 1 heterocycles. The zero-order valence-electron chi connectivity index (χ0n) is 14.1. The third-order valence-corrected chi connectivity index (χ3v) is 3.89. The summed E-state index contributed by atoms with van der Waals surface area (Å²) < 4.78 is 1.41. The first kappa shape index (κ1) is 19.2. The molecule has 0 fully saturated rings. The number of thiocarbonyl (C=S) groups is 1. The molecule has 0 saturated carbocycles. The maximum atomic E-state index is 12.3. The fourth-order valence-corrected chi connectivity index (χ4v) is 2.58. The Hall–Kier alpha value is -1.83. The molecular weight excluding hydrogens is 314 g/mol. The fourth-order valence-electron chi connectivity index (χ4n) is 2.25. The lowest BCUT2D eigenvalue weighted by atomic mass is 10.3. The number of aromatic amines is 1. The van der Waals surface area contributed by atoms with Gasteiger partial charge in [-0.1, -0.05) is 26.7 Å². The molecule has 8 heteroatoms. The quantitative estimate of drug-likeness (QED) is 0.619. The van der Waals surface area contributed by atoms with Crippen molar-refractivity contribution in [3.8, 4) is 0 Å². The van der Waals surface area contributed by atoms with Gasteiger partial charge in [-0.3, -0.25) is 14.3 Å². The van der Waals surface area contributed by atoms with E-state index in [-0.39, 0.29) is 11.5 Å². The normalized spacial score (nSPS) is 10.6. The van der Waals surface area contributed by atoms with E-state index in [2.05, 4.69) is 17.2 Å². The summed E-state index contributed by atoms with van der Waals surface area (Å²) in [4.78, 5) is 28.4. The summed E-state index contributed by atoms with van der Waals surface area (Å²) in [5.74, 6) is 0.170. The van der Waals surface area contributed by atoms with E-state index >= 15 is 0 Å². The molecule has 1 aromatic rings. The smallest absolute Gasteiger partial charge is 0.330 e. The van der Waals surface area contributed by atoms with E-state index in [1.165, 1.54) is 4.57 Å². The molecule has 0 unspecified atom stereocenters. The Kier molecular flexibility index (Phi) is 7.80. The Morgan fingerprint density at radius 2 is 1.91 bits per heavy atom. The number of nitrogens with zero attached hydrogens (tertiary/aromatic N) is 2. The van der Waals surface area contributed by atoms with Gasteiger partial charge in [-0.25, -0.2) is 4.79 Å². The summed E-state index contributed by atoms with van der Waals surface area (Å²) in [6, 6.07) is 0. The number of anilines is 2. The monoisotopic (exact) mass is 341 g/mol. The highest BCUT2D eigenvalue weighted by atomic mass is 32.1. The highest BCUT2D eigenvalue weighted by Gasteiger charge is 2.21. The van der Waals surface area contributed by atoms with Crippen molar-refractivity contribution in [1.82, 2.24) is 14.9 Å². The van der Waals surface area contributed by atoms with E-state index in [0.29, 0.717) is 24.7 Å². The maximum absolute atomic E-state index is 12.3. The van der Waals surface area contributed by atoms with Crippen molar-refractivity contribution in [2.24, 2.45) is 0 Å². The highest BCUT2D eigenvalue weighted by molar-refractivity contribution is 7.80. The summed E-state index contributed by atoms with van der Waals surface area (Å²) in [7, 11) is 0. The van der Waals surface area contributed by atoms with Crippen LogP contribution in [0.3, 0.4) is 0 Å². The van der Waals surface area contributed by atoms with Gasteiger partial charge in [0.25, 0.3) is 5.56 Å². The molecule has 0 bridgehead atoms. The minimum Gasteiger partial charge on any atom is -0.383 e. The minimum atomic E-state index is -0.503. The molecule has 0 aliphatic heterocycles. The fraction of sp³-hybridized carbons (Fsp3) is 0.667. The number of nitrogens with two attached hydrogens (primary N) is 1. The molecule has 1 aromatic heterocycles. The third kappa shape index (κ3) is 4.82. The van der Waals surface area contributed by atoms with Crippen molar-refractivity contribution in [3.63, 3.8) is 0 Å². The molecule has 0 atom stereocenters. The average molecular weight is 341 g/mol. The van der Waals surface area contributed by atoms with Crippen LogP contribution in [0, 0.1) is 0 Å². The lowest BCUT2D eigenvalue weighted by molar-refractivity contribution is 0.604. The van der Waals surface area contributed by atoms with Crippen LogP contribution in [-0.2, 0) is 6.54 Å². The second-order valence-electron chi connectivity index (χ2n) is 5.34. The van der Waals surface area contributed by atoms with Gasteiger partial charge >= 0.3 is 5.69 Å². The molecule has 23 heavy (non-hydrogen) atoms. The standard InChI is InChI=1S/C15H27N5O2S/c1-4-7-9-19(15(23)17-6-3)11-12(16)20(10-8-5-2)14(22)18-13(11)21/h4-10,16H2,1-3H3,(H,17,23)(H,18,21,22). The van der Waals surface area contributed by atoms with Gasteiger partial charge in [0.2, 0.25) is 0 Å². The van der Waals surface area contributed by atoms with Gasteiger partial charge in [-0.2, -0.15) is 0 Å². The van der Waals surface area contributed by atoms with Crippen LogP contribution in [-0.4, -0.2) is 27.8 Å². The predicted molar refractivity (Wildman–Crippen MR) is 99.2 cm³/mol. The SMILES string of the molecule is CCCCN(C(=S)NCC)c1c(N)n(CCCC)c(=O)[nH]c1=O. The van der Waals surface area contributed by atoms with Gasteiger partial charge in [0.15, 0.2) is 10.8 Å². The first-order chi connectivity index (χ1) is 11.0. The second kappa shape index (κ2) is 9.34.